The van der Waals surface area contributed by atoms with E-state index in [-0.39, 0.29) is 23.7 Å². The zero-order chi connectivity index (χ0) is 21.2. The second kappa shape index (κ2) is 11.0. The fourth-order valence-corrected chi connectivity index (χ4v) is 2.92. The third-order valence-electron chi connectivity index (χ3n) is 4.34. The van der Waals surface area contributed by atoms with Crippen molar-refractivity contribution < 1.29 is 23.9 Å². The lowest BCUT2D eigenvalue weighted by Crippen LogP contribution is -2.44. The topological polar surface area (TPSA) is 126 Å². The maximum absolute atomic E-state index is 12.0. The Labute approximate surface area is 169 Å². The zero-order valence-corrected chi connectivity index (χ0v) is 16.7. The molecule has 1 fully saturated rings. The first-order valence-electron chi connectivity index (χ1n) is 9.74. The normalized spacial score (nSPS) is 13.6. The monoisotopic (exact) mass is 404 g/mol. The van der Waals surface area contributed by atoms with Crippen LogP contribution in [0.3, 0.4) is 0 Å². The number of hydrogen-bond acceptors (Lipinski definition) is 5. The molecule has 0 heterocycles. The molecule has 0 aliphatic heterocycles. The molecular weight excluding hydrogens is 376 g/mol. The molecule has 1 aliphatic rings. The second-order valence-electron chi connectivity index (χ2n) is 7.26. The minimum atomic E-state index is -0.689. The standard InChI is InChI=1S/C20H28N4O5/c1-13(2)22-19(27)21-11-14-7-9-15(10-8-14)18(26)29-12-17(25)24-20(28)23-16-5-3-4-6-16/h7-10,13,16H,3-6,11-12H2,1-2H3,(H2,21,22,27)(H2,23,24,25,28). The maximum Gasteiger partial charge on any atom is 0.338 e. The quantitative estimate of drug-likeness (QED) is 0.516. The van der Waals surface area contributed by atoms with Crippen molar-refractivity contribution in [2.75, 3.05) is 6.61 Å². The van der Waals surface area contributed by atoms with Crippen LogP contribution in [0.2, 0.25) is 0 Å². The minimum absolute atomic E-state index is 0.0399. The van der Waals surface area contributed by atoms with Crippen molar-refractivity contribution in [2.24, 2.45) is 0 Å². The average molecular weight is 404 g/mol. The Morgan fingerprint density at radius 3 is 2.31 bits per heavy atom. The molecule has 0 radical (unpaired) electrons. The van der Waals surface area contributed by atoms with Crippen molar-refractivity contribution in [1.29, 1.82) is 0 Å². The van der Waals surface area contributed by atoms with Crippen molar-refractivity contribution in [3.05, 3.63) is 35.4 Å². The summed E-state index contributed by atoms with van der Waals surface area (Å²) in [6.45, 7) is 3.49. The fraction of sp³-hybridized carbons (Fsp3) is 0.500. The summed E-state index contributed by atoms with van der Waals surface area (Å²) >= 11 is 0. The van der Waals surface area contributed by atoms with Crippen LogP contribution in [0.4, 0.5) is 9.59 Å². The van der Waals surface area contributed by atoms with Gasteiger partial charge in [0.15, 0.2) is 6.61 Å². The number of esters is 1. The van der Waals surface area contributed by atoms with E-state index in [1.54, 1.807) is 24.3 Å². The summed E-state index contributed by atoms with van der Waals surface area (Å²) in [5.74, 6) is -1.36. The smallest absolute Gasteiger partial charge is 0.338 e. The van der Waals surface area contributed by atoms with Gasteiger partial charge in [-0.05, 0) is 44.4 Å². The Morgan fingerprint density at radius 2 is 1.69 bits per heavy atom. The molecule has 1 aromatic rings. The van der Waals surface area contributed by atoms with Gasteiger partial charge < -0.3 is 20.7 Å². The molecule has 2 rings (SSSR count). The first kappa shape index (κ1) is 22.2. The van der Waals surface area contributed by atoms with Gasteiger partial charge in [0.1, 0.15) is 0 Å². The largest absolute Gasteiger partial charge is 0.452 e. The molecule has 1 saturated carbocycles. The number of carbonyl (C=O) groups is 4. The maximum atomic E-state index is 12.0. The zero-order valence-electron chi connectivity index (χ0n) is 16.7. The summed E-state index contributed by atoms with van der Waals surface area (Å²) in [5.41, 5.74) is 1.07. The molecule has 29 heavy (non-hydrogen) atoms. The van der Waals surface area contributed by atoms with Gasteiger partial charge in [-0.3, -0.25) is 10.1 Å². The van der Waals surface area contributed by atoms with Crippen molar-refractivity contribution in [3.63, 3.8) is 0 Å². The third-order valence-corrected chi connectivity index (χ3v) is 4.34. The van der Waals surface area contributed by atoms with Gasteiger partial charge in [-0.15, -0.1) is 0 Å². The van der Waals surface area contributed by atoms with Gasteiger partial charge in [-0.2, -0.15) is 0 Å². The number of carbonyl (C=O) groups excluding carboxylic acids is 4. The number of ether oxygens (including phenoxy) is 1. The average Bonchev–Trinajstić information content (AvgIpc) is 3.17. The lowest BCUT2D eigenvalue weighted by molar-refractivity contribution is -0.123. The van der Waals surface area contributed by atoms with Crippen LogP contribution in [0.1, 0.15) is 55.5 Å². The van der Waals surface area contributed by atoms with Gasteiger partial charge in [-0.1, -0.05) is 25.0 Å². The summed E-state index contributed by atoms with van der Waals surface area (Å²) in [5, 5.41) is 10.3. The molecule has 4 N–H and O–H groups in total. The van der Waals surface area contributed by atoms with Crippen LogP contribution in [-0.4, -0.2) is 42.6 Å². The van der Waals surface area contributed by atoms with E-state index in [1.807, 2.05) is 13.8 Å². The van der Waals surface area contributed by atoms with Crippen molar-refractivity contribution in [1.82, 2.24) is 21.3 Å². The highest BCUT2D eigenvalue weighted by Crippen LogP contribution is 2.17. The van der Waals surface area contributed by atoms with Crippen LogP contribution in [0.25, 0.3) is 0 Å². The van der Waals surface area contributed by atoms with E-state index in [0.29, 0.717) is 6.54 Å². The highest BCUT2D eigenvalue weighted by Gasteiger charge is 2.18. The van der Waals surface area contributed by atoms with Crippen molar-refractivity contribution >= 4 is 23.9 Å². The molecule has 9 nitrogen and oxygen atoms in total. The van der Waals surface area contributed by atoms with E-state index in [4.69, 9.17) is 4.74 Å². The molecule has 1 aromatic carbocycles. The third kappa shape index (κ3) is 8.20. The first-order chi connectivity index (χ1) is 13.8. The summed E-state index contributed by atoms with van der Waals surface area (Å²) in [7, 11) is 0. The van der Waals surface area contributed by atoms with E-state index in [2.05, 4.69) is 21.3 Å². The summed E-state index contributed by atoms with van der Waals surface area (Å²) in [4.78, 5) is 47.1. The molecule has 158 valence electrons. The van der Waals surface area contributed by atoms with E-state index < -0.39 is 24.5 Å². The molecule has 0 saturated heterocycles. The van der Waals surface area contributed by atoms with Crippen LogP contribution in [0, 0.1) is 0 Å². The van der Waals surface area contributed by atoms with Crippen LogP contribution in [0.5, 0.6) is 0 Å². The van der Waals surface area contributed by atoms with Crippen molar-refractivity contribution in [3.8, 4) is 0 Å². The highest BCUT2D eigenvalue weighted by molar-refractivity contribution is 5.97. The molecular formula is C20H28N4O5. The summed E-state index contributed by atoms with van der Waals surface area (Å²) in [6.07, 6.45) is 3.95. The molecule has 0 unspecified atom stereocenters. The lowest BCUT2D eigenvalue weighted by Gasteiger charge is -2.12. The van der Waals surface area contributed by atoms with Crippen LogP contribution in [0.15, 0.2) is 24.3 Å². The summed E-state index contributed by atoms with van der Waals surface area (Å²) < 4.78 is 4.93. The van der Waals surface area contributed by atoms with E-state index in [1.165, 1.54) is 0 Å². The van der Waals surface area contributed by atoms with E-state index in [9.17, 15) is 19.2 Å². The number of urea groups is 2. The van der Waals surface area contributed by atoms with E-state index in [0.717, 1.165) is 31.2 Å². The molecule has 0 bridgehead atoms. The Hall–Kier alpha value is -3.10. The van der Waals surface area contributed by atoms with Gasteiger partial charge in [-0.25, -0.2) is 14.4 Å². The van der Waals surface area contributed by atoms with Gasteiger partial charge >= 0.3 is 18.0 Å². The highest BCUT2D eigenvalue weighted by atomic mass is 16.5. The number of hydrogen-bond donors (Lipinski definition) is 4. The number of nitrogens with one attached hydrogen (secondary N) is 4. The van der Waals surface area contributed by atoms with Crippen molar-refractivity contribution in [2.45, 2.75) is 58.2 Å². The Kier molecular flexibility index (Phi) is 8.45. The molecule has 0 aromatic heterocycles. The molecule has 5 amide bonds. The van der Waals surface area contributed by atoms with Gasteiger partial charge in [0.25, 0.3) is 5.91 Å². The Balaban J connectivity index is 1.70. The Bertz CT molecular complexity index is 727. The SMILES string of the molecule is CC(C)NC(=O)NCc1ccc(C(=O)OCC(=O)NC(=O)NC2CCCC2)cc1. The van der Waals surface area contributed by atoms with Crippen LogP contribution < -0.4 is 21.3 Å². The number of imide groups is 1. The van der Waals surface area contributed by atoms with Crippen LogP contribution in [-0.2, 0) is 16.1 Å². The molecule has 0 atom stereocenters. The molecule has 0 spiro atoms. The predicted octanol–water partition coefficient (Wildman–Crippen LogP) is 1.82. The summed E-state index contributed by atoms with van der Waals surface area (Å²) in [6, 6.07) is 5.74. The Morgan fingerprint density at radius 1 is 1.03 bits per heavy atom. The van der Waals surface area contributed by atoms with Gasteiger partial charge in [0.05, 0.1) is 5.56 Å². The fourth-order valence-electron chi connectivity index (χ4n) is 2.92. The molecule has 9 heteroatoms. The number of amides is 5. The predicted molar refractivity (Wildman–Crippen MR) is 106 cm³/mol. The van der Waals surface area contributed by atoms with E-state index >= 15 is 0 Å². The first-order valence-corrected chi connectivity index (χ1v) is 9.74. The minimum Gasteiger partial charge on any atom is -0.452 e. The number of rotatable bonds is 7. The second-order valence-corrected chi connectivity index (χ2v) is 7.26. The molecule has 1 aliphatic carbocycles. The lowest BCUT2D eigenvalue weighted by atomic mass is 10.1. The van der Waals surface area contributed by atoms with Crippen LogP contribution >= 0.6 is 0 Å². The van der Waals surface area contributed by atoms with Gasteiger partial charge in [0.2, 0.25) is 0 Å². The number of benzene rings is 1. The van der Waals surface area contributed by atoms with Gasteiger partial charge in [0, 0.05) is 18.6 Å².